The molecule has 1 aliphatic rings. The van der Waals surface area contributed by atoms with Gasteiger partial charge in [-0.25, -0.2) is 0 Å². The number of anilines is 1. The van der Waals surface area contributed by atoms with Crippen molar-refractivity contribution in [3.8, 4) is 6.07 Å². The van der Waals surface area contributed by atoms with Crippen LogP contribution in [0.4, 0.5) is 5.69 Å². The highest BCUT2D eigenvalue weighted by Gasteiger charge is 2.27. The SMILES string of the molecule is CO[C@H]1CNCC1Nc1cccc(Cl)c1C#N. The number of benzene rings is 1. The fraction of sp³-hybridized carbons (Fsp3) is 0.417. The smallest absolute Gasteiger partial charge is 0.103 e. The fourth-order valence-corrected chi connectivity index (χ4v) is 2.22. The summed E-state index contributed by atoms with van der Waals surface area (Å²) in [6, 6.07) is 7.67. The first-order valence-corrected chi connectivity index (χ1v) is 5.82. The molecule has 17 heavy (non-hydrogen) atoms. The molecule has 1 saturated heterocycles. The third-order valence-corrected chi connectivity index (χ3v) is 3.24. The van der Waals surface area contributed by atoms with Crippen LogP contribution in [0, 0.1) is 11.3 Å². The van der Waals surface area contributed by atoms with Crippen molar-refractivity contribution >= 4 is 17.3 Å². The summed E-state index contributed by atoms with van der Waals surface area (Å²) in [5, 5.41) is 16.1. The molecule has 1 fully saturated rings. The van der Waals surface area contributed by atoms with Gasteiger partial charge < -0.3 is 15.4 Å². The molecule has 5 heteroatoms. The maximum Gasteiger partial charge on any atom is 0.103 e. The summed E-state index contributed by atoms with van der Waals surface area (Å²) >= 11 is 5.98. The predicted molar refractivity (Wildman–Crippen MR) is 67.2 cm³/mol. The molecule has 1 aromatic carbocycles. The molecule has 2 rings (SSSR count). The van der Waals surface area contributed by atoms with E-state index < -0.39 is 0 Å². The second kappa shape index (κ2) is 5.37. The van der Waals surface area contributed by atoms with Crippen molar-refractivity contribution in [2.24, 2.45) is 0 Å². The van der Waals surface area contributed by atoms with E-state index >= 15 is 0 Å². The molecule has 0 amide bonds. The topological polar surface area (TPSA) is 57.1 Å². The average molecular weight is 252 g/mol. The van der Waals surface area contributed by atoms with Crippen molar-refractivity contribution in [3.05, 3.63) is 28.8 Å². The van der Waals surface area contributed by atoms with Gasteiger partial charge in [0.25, 0.3) is 0 Å². The van der Waals surface area contributed by atoms with Crippen molar-refractivity contribution in [2.75, 3.05) is 25.5 Å². The summed E-state index contributed by atoms with van der Waals surface area (Å²) in [5.74, 6) is 0. The third kappa shape index (κ3) is 2.52. The number of nitriles is 1. The molecule has 1 aliphatic heterocycles. The molecule has 2 N–H and O–H groups in total. The molecule has 4 nitrogen and oxygen atoms in total. The Morgan fingerprint density at radius 1 is 1.53 bits per heavy atom. The Kier molecular flexibility index (Phi) is 3.85. The molecule has 0 aliphatic carbocycles. The Balaban J connectivity index is 2.19. The maximum absolute atomic E-state index is 9.07. The number of ether oxygens (including phenoxy) is 1. The first-order valence-electron chi connectivity index (χ1n) is 5.45. The summed E-state index contributed by atoms with van der Waals surface area (Å²) in [7, 11) is 1.69. The molecule has 0 bridgehead atoms. The summed E-state index contributed by atoms with van der Waals surface area (Å²) in [4.78, 5) is 0. The predicted octanol–water partition coefficient (Wildman–Crippen LogP) is 1.61. The van der Waals surface area contributed by atoms with Gasteiger partial charge in [0.2, 0.25) is 0 Å². The molecule has 0 spiro atoms. The van der Waals surface area contributed by atoms with E-state index in [0.717, 1.165) is 18.8 Å². The van der Waals surface area contributed by atoms with E-state index in [1.54, 1.807) is 13.2 Å². The van der Waals surface area contributed by atoms with E-state index in [-0.39, 0.29) is 12.1 Å². The minimum absolute atomic E-state index is 0.112. The van der Waals surface area contributed by atoms with E-state index in [9.17, 15) is 0 Å². The molecule has 1 heterocycles. The minimum Gasteiger partial charge on any atom is -0.378 e. The first-order chi connectivity index (χ1) is 8.26. The normalized spacial score (nSPS) is 23.4. The third-order valence-electron chi connectivity index (χ3n) is 2.93. The first kappa shape index (κ1) is 12.2. The Bertz CT molecular complexity index is 444. The number of nitrogens with one attached hydrogen (secondary N) is 2. The average Bonchev–Trinajstić information content (AvgIpc) is 2.77. The van der Waals surface area contributed by atoms with Gasteiger partial charge in [-0.15, -0.1) is 0 Å². The van der Waals surface area contributed by atoms with Crippen molar-refractivity contribution in [3.63, 3.8) is 0 Å². The highest BCUT2D eigenvalue weighted by molar-refractivity contribution is 6.32. The van der Waals surface area contributed by atoms with Crippen LogP contribution in [0.2, 0.25) is 5.02 Å². The lowest BCUT2D eigenvalue weighted by atomic mass is 10.1. The largest absolute Gasteiger partial charge is 0.378 e. The number of rotatable bonds is 3. The van der Waals surface area contributed by atoms with Gasteiger partial charge in [0.15, 0.2) is 0 Å². The highest BCUT2D eigenvalue weighted by atomic mass is 35.5. The van der Waals surface area contributed by atoms with Crippen LogP contribution in [-0.2, 0) is 4.74 Å². The second-order valence-corrected chi connectivity index (χ2v) is 4.36. The molecule has 2 atom stereocenters. The number of methoxy groups -OCH3 is 1. The van der Waals surface area contributed by atoms with E-state index in [0.29, 0.717) is 10.6 Å². The Morgan fingerprint density at radius 2 is 2.35 bits per heavy atom. The second-order valence-electron chi connectivity index (χ2n) is 3.96. The number of halogens is 1. The van der Waals surface area contributed by atoms with Crippen molar-refractivity contribution in [2.45, 2.75) is 12.1 Å². The van der Waals surface area contributed by atoms with Crippen LogP contribution < -0.4 is 10.6 Å². The van der Waals surface area contributed by atoms with Gasteiger partial charge in [-0.1, -0.05) is 17.7 Å². The molecule has 0 saturated carbocycles. The lowest BCUT2D eigenvalue weighted by Gasteiger charge is -2.20. The lowest BCUT2D eigenvalue weighted by molar-refractivity contribution is 0.111. The van der Waals surface area contributed by atoms with Crippen LogP contribution in [0.15, 0.2) is 18.2 Å². The summed E-state index contributed by atoms with van der Waals surface area (Å²) in [6.07, 6.45) is 0.112. The van der Waals surface area contributed by atoms with Crippen molar-refractivity contribution < 1.29 is 4.74 Å². The van der Waals surface area contributed by atoms with Gasteiger partial charge in [0, 0.05) is 20.2 Å². The Labute approximate surface area is 106 Å². The van der Waals surface area contributed by atoms with Crippen LogP contribution in [0.25, 0.3) is 0 Å². The van der Waals surface area contributed by atoms with E-state index in [2.05, 4.69) is 16.7 Å². The molecule has 90 valence electrons. The summed E-state index contributed by atoms with van der Waals surface area (Å²) in [5.41, 5.74) is 1.24. The number of nitrogens with zero attached hydrogens (tertiary/aromatic N) is 1. The quantitative estimate of drug-likeness (QED) is 0.857. The molecule has 1 unspecified atom stereocenters. The molecule has 0 aromatic heterocycles. The molecule has 1 aromatic rings. The van der Waals surface area contributed by atoms with Crippen LogP contribution in [0.1, 0.15) is 5.56 Å². The monoisotopic (exact) mass is 251 g/mol. The van der Waals surface area contributed by atoms with Crippen LogP contribution >= 0.6 is 11.6 Å². The van der Waals surface area contributed by atoms with Crippen molar-refractivity contribution in [1.82, 2.24) is 5.32 Å². The standard InChI is InChI=1S/C12H14ClN3O/c1-17-12-7-15-6-11(12)16-10-4-2-3-9(13)8(10)5-14/h2-4,11-12,15-16H,6-7H2,1H3/t11?,12-/m0/s1. The highest BCUT2D eigenvalue weighted by Crippen LogP contribution is 2.24. The van der Waals surface area contributed by atoms with Crippen LogP contribution in [-0.4, -0.2) is 32.3 Å². The van der Waals surface area contributed by atoms with Crippen LogP contribution in [0.3, 0.4) is 0 Å². The molecular weight excluding hydrogens is 238 g/mol. The number of hydrogen-bond donors (Lipinski definition) is 2. The zero-order chi connectivity index (χ0) is 12.3. The van der Waals surface area contributed by atoms with Gasteiger partial charge in [-0.05, 0) is 12.1 Å². The molecular formula is C12H14ClN3O. The zero-order valence-electron chi connectivity index (χ0n) is 9.53. The fourth-order valence-electron chi connectivity index (χ4n) is 2.00. The summed E-state index contributed by atoms with van der Waals surface area (Å²) in [6.45, 7) is 1.63. The van der Waals surface area contributed by atoms with Gasteiger partial charge in [-0.2, -0.15) is 5.26 Å². The van der Waals surface area contributed by atoms with Crippen LogP contribution in [0.5, 0.6) is 0 Å². The lowest BCUT2D eigenvalue weighted by Crippen LogP contribution is -2.33. The van der Waals surface area contributed by atoms with E-state index in [1.165, 1.54) is 0 Å². The Morgan fingerprint density at radius 3 is 3.06 bits per heavy atom. The number of hydrogen-bond acceptors (Lipinski definition) is 4. The minimum atomic E-state index is 0.112. The maximum atomic E-state index is 9.07. The molecule has 0 radical (unpaired) electrons. The Hall–Kier alpha value is -1.28. The van der Waals surface area contributed by atoms with E-state index in [4.69, 9.17) is 21.6 Å². The van der Waals surface area contributed by atoms with Gasteiger partial charge in [-0.3, -0.25) is 0 Å². The van der Waals surface area contributed by atoms with E-state index in [1.807, 2.05) is 12.1 Å². The summed E-state index contributed by atoms with van der Waals surface area (Å²) < 4.78 is 5.36. The zero-order valence-corrected chi connectivity index (χ0v) is 10.3. The van der Waals surface area contributed by atoms with Gasteiger partial charge >= 0.3 is 0 Å². The van der Waals surface area contributed by atoms with Gasteiger partial charge in [0.05, 0.1) is 28.4 Å². The van der Waals surface area contributed by atoms with Gasteiger partial charge in [0.1, 0.15) is 6.07 Å². The van der Waals surface area contributed by atoms with Crippen molar-refractivity contribution in [1.29, 1.82) is 5.26 Å².